The van der Waals surface area contributed by atoms with Crippen LogP contribution in [0.2, 0.25) is 0 Å². The number of carbonyl (C=O) groups is 4. The van der Waals surface area contributed by atoms with Crippen LogP contribution in [0.4, 0.5) is 0 Å². The Labute approximate surface area is 186 Å². The highest BCUT2D eigenvalue weighted by atomic mass is 16.7. The largest absolute Gasteiger partial charge is 0.463 e. The molecule has 1 aromatic carbocycles. The molecule has 0 aliphatic carbocycles. The molecule has 5 atom stereocenters. The lowest BCUT2D eigenvalue weighted by molar-refractivity contribution is -0.314. The molecule has 1 fully saturated rings. The summed E-state index contributed by atoms with van der Waals surface area (Å²) in [5.74, 6) is -1.75. The number of esters is 3. The van der Waals surface area contributed by atoms with Crippen molar-refractivity contribution in [3.63, 3.8) is 0 Å². The fourth-order valence-corrected chi connectivity index (χ4v) is 3.25. The molecular weight excluding hydrogens is 424 g/mol. The molecule has 1 aromatic rings. The van der Waals surface area contributed by atoms with Crippen molar-refractivity contribution in [2.24, 2.45) is 0 Å². The van der Waals surface area contributed by atoms with Gasteiger partial charge < -0.3 is 28.4 Å². The summed E-state index contributed by atoms with van der Waals surface area (Å²) in [4.78, 5) is 45.7. The Kier molecular flexibility index (Phi) is 9.76. The van der Waals surface area contributed by atoms with E-state index < -0.39 is 48.6 Å². The highest BCUT2D eigenvalue weighted by molar-refractivity contribution is 5.74. The van der Waals surface area contributed by atoms with E-state index in [2.05, 4.69) is 0 Å². The van der Waals surface area contributed by atoms with Gasteiger partial charge in [0.1, 0.15) is 25.1 Å². The van der Waals surface area contributed by atoms with Gasteiger partial charge in [0.25, 0.3) is 0 Å². The maximum Gasteiger partial charge on any atom is 0.303 e. The average molecular weight is 452 g/mol. The molecule has 10 nitrogen and oxygen atoms in total. The zero-order valence-corrected chi connectivity index (χ0v) is 18.5. The van der Waals surface area contributed by atoms with Crippen LogP contribution in [0.3, 0.4) is 0 Å². The molecule has 0 aromatic heterocycles. The van der Waals surface area contributed by atoms with E-state index in [1.54, 1.807) is 31.2 Å². The first-order valence-electron chi connectivity index (χ1n) is 10.2. The Hall–Kier alpha value is -2.82. The van der Waals surface area contributed by atoms with Crippen molar-refractivity contribution in [1.29, 1.82) is 0 Å². The summed E-state index contributed by atoms with van der Waals surface area (Å²) >= 11 is 0. The first kappa shape index (κ1) is 25.4. The minimum Gasteiger partial charge on any atom is -0.463 e. The first-order valence-corrected chi connectivity index (χ1v) is 10.2. The summed E-state index contributed by atoms with van der Waals surface area (Å²) in [6.45, 7) is 5.48. The zero-order valence-electron chi connectivity index (χ0n) is 18.5. The highest BCUT2D eigenvalue weighted by Crippen LogP contribution is 2.30. The molecule has 32 heavy (non-hydrogen) atoms. The van der Waals surface area contributed by atoms with Gasteiger partial charge in [0.05, 0.1) is 6.61 Å². The van der Waals surface area contributed by atoms with Gasteiger partial charge in [-0.2, -0.15) is 0 Å². The summed E-state index contributed by atoms with van der Waals surface area (Å²) in [5, 5.41) is 0. The third-order valence-corrected chi connectivity index (χ3v) is 4.54. The van der Waals surface area contributed by atoms with Crippen LogP contribution in [-0.2, 0) is 49.4 Å². The van der Waals surface area contributed by atoms with Crippen LogP contribution in [-0.4, -0.2) is 68.1 Å². The molecule has 1 aliphatic heterocycles. The molecule has 10 heteroatoms. The predicted molar refractivity (Wildman–Crippen MR) is 108 cm³/mol. The second kappa shape index (κ2) is 12.3. The predicted octanol–water partition coefficient (Wildman–Crippen LogP) is 1.57. The SMILES string of the molecule is CCO[C@@H]1[C@@H](OC(C)=O)[C@H](OCc2ccc(C=O)cc2)O[C@H](COC(C)=O)[C@H]1OC(C)=O. The summed E-state index contributed by atoms with van der Waals surface area (Å²) < 4.78 is 33.4. The second-order valence-corrected chi connectivity index (χ2v) is 7.08. The van der Waals surface area contributed by atoms with Gasteiger partial charge >= 0.3 is 17.9 Å². The number of hydrogen-bond acceptors (Lipinski definition) is 10. The van der Waals surface area contributed by atoms with E-state index in [0.717, 1.165) is 11.8 Å². The number of ether oxygens (including phenoxy) is 6. The van der Waals surface area contributed by atoms with Crippen molar-refractivity contribution >= 4 is 24.2 Å². The summed E-state index contributed by atoms with van der Waals surface area (Å²) in [5.41, 5.74) is 1.26. The summed E-state index contributed by atoms with van der Waals surface area (Å²) in [7, 11) is 0. The standard InChI is InChI=1S/C22H28O10/c1-5-27-20-19(30-14(3)25)18(12-28-13(2)24)32-22(21(20)31-15(4)26)29-11-17-8-6-16(10-23)7-9-17/h6-10,18-22H,5,11-12H2,1-4H3/t18-,19-,20+,21-,22-/m1/s1. The van der Waals surface area contributed by atoms with Crippen LogP contribution in [0.5, 0.6) is 0 Å². The van der Waals surface area contributed by atoms with E-state index in [4.69, 9.17) is 28.4 Å². The van der Waals surface area contributed by atoms with Gasteiger partial charge in [-0.3, -0.25) is 19.2 Å². The number of hydrogen-bond donors (Lipinski definition) is 0. The molecular formula is C22H28O10. The van der Waals surface area contributed by atoms with Crippen LogP contribution in [0.15, 0.2) is 24.3 Å². The molecule has 1 aliphatic rings. The molecule has 0 radical (unpaired) electrons. The Morgan fingerprint density at radius 3 is 2.06 bits per heavy atom. The lowest BCUT2D eigenvalue weighted by Gasteiger charge is -2.44. The van der Waals surface area contributed by atoms with E-state index in [0.29, 0.717) is 5.56 Å². The maximum absolute atomic E-state index is 11.8. The quantitative estimate of drug-likeness (QED) is 0.293. The number of carbonyl (C=O) groups excluding carboxylic acids is 4. The van der Waals surface area contributed by atoms with Gasteiger partial charge in [0.15, 0.2) is 18.5 Å². The lowest BCUT2D eigenvalue weighted by atomic mass is 9.98. The van der Waals surface area contributed by atoms with Gasteiger partial charge in [-0.1, -0.05) is 24.3 Å². The van der Waals surface area contributed by atoms with Gasteiger partial charge in [-0.05, 0) is 12.5 Å². The van der Waals surface area contributed by atoms with Crippen LogP contribution in [0, 0.1) is 0 Å². The van der Waals surface area contributed by atoms with Crippen LogP contribution < -0.4 is 0 Å². The van der Waals surface area contributed by atoms with Crippen LogP contribution in [0.25, 0.3) is 0 Å². The smallest absolute Gasteiger partial charge is 0.303 e. The average Bonchev–Trinajstić information content (AvgIpc) is 2.74. The van der Waals surface area contributed by atoms with Crippen LogP contribution in [0.1, 0.15) is 43.6 Å². The molecule has 0 bridgehead atoms. The third kappa shape index (κ3) is 7.40. The molecule has 0 saturated carbocycles. The second-order valence-electron chi connectivity index (χ2n) is 7.08. The van der Waals surface area contributed by atoms with Gasteiger partial charge in [-0.15, -0.1) is 0 Å². The Bertz CT molecular complexity index is 790. The van der Waals surface area contributed by atoms with E-state index in [1.807, 2.05) is 0 Å². The molecule has 1 saturated heterocycles. The molecule has 0 amide bonds. The van der Waals surface area contributed by atoms with Crippen molar-refractivity contribution in [1.82, 2.24) is 0 Å². The van der Waals surface area contributed by atoms with Gasteiger partial charge in [0.2, 0.25) is 0 Å². The summed E-state index contributed by atoms with van der Waals surface area (Å²) in [6, 6.07) is 6.71. The number of aldehydes is 1. The van der Waals surface area contributed by atoms with E-state index >= 15 is 0 Å². The Balaban J connectivity index is 2.29. The van der Waals surface area contributed by atoms with Crippen molar-refractivity contribution < 1.29 is 47.6 Å². The van der Waals surface area contributed by atoms with E-state index in [9.17, 15) is 19.2 Å². The molecule has 1 heterocycles. The van der Waals surface area contributed by atoms with Gasteiger partial charge in [-0.25, -0.2) is 0 Å². The molecule has 0 unspecified atom stereocenters. The van der Waals surface area contributed by atoms with Crippen molar-refractivity contribution in [3.05, 3.63) is 35.4 Å². The minimum absolute atomic E-state index is 0.0684. The Morgan fingerprint density at radius 1 is 0.906 bits per heavy atom. The van der Waals surface area contributed by atoms with E-state index in [1.165, 1.54) is 20.8 Å². The van der Waals surface area contributed by atoms with Crippen molar-refractivity contribution in [2.45, 2.75) is 65.0 Å². The van der Waals surface area contributed by atoms with Crippen molar-refractivity contribution in [3.8, 4) is 0 Å². The van der Waals surface area contributed by atoms with Crippen LogP contribution >= 0.6 is 0 Å². The summed E-state index contributed by atoms with van der Waals surface area (Å²) in [6.07, 6.45) is -4.29. The maximum atomic E-state index is 11.8. The zero-order chi connectivity index (χ0) is 23.7. The minimum atomic E-state index is -1.10. The first-order chi connectivity index (χ1) is 15.2. The lowest BCUT2D eigenvalue weighted by Crippen LogP contribution is -2.62. The van der Waals surface area contributed by atoms with Crippen molar-refractivity contribution in [2.75, 3.05) is 13.2 Å². The highest BCUT2D eigenvalue weighted by Gasteiger charge is 2.51. The fourth-order valence-electron chi connectivity index (χ4n) is 3.25. The number of rotatable bonds is 10. The normalized spacial score (nSPS) is 24.9. The molecule has 0 spiro atoms. The monoisotopic (exact) mass is 452 g/mol. The Morgan fingerprint density at radius 2 is 1.53 bits per heavy atom. The van der Waals surface area contributed by atoms with Gasteiger partial charge in [0, 0.05) is 32.9 Å². The van der Waals surface area contributed by atoms with E-state index in [-0.39, 0.29) is 19.8 Å². The number of benzene rings is 1. The fraction of sp³-hybridized carbons (Fsp3) is 0.545. The molecule has 176 valence electrons. The molecule has 2 rings (SSSR count). The molecule has 0 N–H and O–H groups in total. The topological polar surface area (TPSA) is 124 Å². The third-order valence-electron chi connectivity index (χ3n) is 4.54.